The van der Waals surface area contributed by atoms with Crippen molar-refractivity contribution in [3.8, 4) is 0 Å². The molecule has 0 rings (SSSR count). The van der Waals surface area contributed by atoms with Crippen molar-refractivity contribution in [1.29, 1.82) is 0 Å². The second-order valence-corrected chi connectivity index (χ2v) is 23.9. The van der Waals surface area contributed by atoms with Gasteiger partial charge in [-0.05, 0) is 70.6 Å². The molecule has 6 heteroatoms. The average molecular weight is 1070 g/mol. The van der Waals surface area contributed by atoms with Gasteiger partial charge >= 0.3 is 5.97 Å². The minimum Gasteiger partial charge on any atom is -0.466 e. The molecule has 0 bridgehead atoms. The number of nitrogens with one attached hydrogen (secondary N) is 1. The Morgan fingerprint density at radius 3 is 0.974 bits per heavy atom. The molecule has 76 heavy (non-hydrogen) atoms. The molecule has 450 valence electrons. The van der Waals surface area contributed by atoms with E-state index in [0.29, 0.717) is 25.9 Å². The molecule has 0 saturated carbocycles. The molecule has 0 aliphatic heterocycles. The molecule has 0 aliphatic rings. The first kappa shape index (κ1) is 74.3. The van der Waals surface area contributed by atoms with Gasteiger partial charge < -0.3 is 20.3 Å². The van der Waals surface area contributed by atoms with Crippen molar-refractivity contribution in [3.05, 3.63) is 24.3 Å². The maximum Gasteiger partial charge on any atom is 0.305 e. The maximum absolute atomic E-state index is 12.5. The third kappa shape index (κ3) is 61.6. The van der Waals surface area contributed by atoms with Crippen molar-refractivity contribution in [2.75, 3.05) is 13.2 Å². The Bertz CT molecular complexity index is 1190. The molecule has 0 aromatic rings. The van der Waals surface area contributed by atoms with Crippen molar-refractivity contribution in [1.82, 2.24) is 5.32 Å². The minimum atomic E-state index is -0.659. The summed E-state index contributed by atoms with van der Waals surface area (Å²) in [5.74, 6) is -0.0196. The largest absolute Gasteiger partial charge is 0.466 e. The number of aliphatic hydroxyl groups is 2. The number of esters is 1. The first-order valence-corrected chi connectivity index (χ1v) is 34.6. The van der Waals surface area contributed by atoms with Gasteiger partial charge in [-0.15, -0.1) is 0 Å². The zero-order valence-electron chi connectivity index (χ0n) is 51.5. The monoisotopic (exact) mass is 1070 g/mol. The summed E-state index contributed by atoms with van der Waals surface area (Å²) >= 11 is 0. The highest BCUT2D eigenvalue weighted by atomic mass is 16.5. The number of carbonyl (C=O) groups is 2. The smallest absolute Gasteiger partial charge is 0.305 e. The molecule has 0 saturated heterocycles. The number of rotatable bonds is 65. The number of carbonyl (C=O) groups excluding carboxylic acids is 2. The van der Waals surface area contributed by atoms with Crippen LogP contribution in [0.3, 0.4) is 0 Å². The van der Waals surface area contributed by atoms with Crippen LogP contribution in [0, 0.1) is 0 Å². The van der Waals surface area contributed by atoms with E-state index in [1.807, 2.05) is 0 Å². The fraction of sp³-hybridized carbons (Fsp3) is 0.914. The van der Waals surface area contributed by atoms with Gasteiger partial charge in [-0.1, -0.05) is 327 Å². The molecule has 0 aromatic carbocycles. The lowest BCUT2D eigenvalue weighted by Gasteiger charge is -2.22. The molecule has 2 atom stereocenters. The summed E-state index contributed by atoms with van der Waals surface area (Å²) in [6.45, 7) is 4.93. The van der Waals surface area contributed by atoms with Crippen molar-refractivity contribution in [2.45, 2.75) is 398 Å². The number of amides is 1. The average Bonchev–Trinajstić information content (AvgIpc) is 3.42. The molecule has 6 nitrogen and oxygen atoms in total. The Hall–Kier alpha value is -1.66. The van der Waals surface area contributed by atoms with E-state index in [1.54, 1.807) is 0 Å². The Balaban J connectivity index is 3.31. The first-order chi connectivity index (χ1) is 37.5. The predicted octanol–water partition coefficient (Wildman–Crippen LogP) is 22.1. The normalized spacial score (nSPS) is 12.6. The third-order valence-electron chi connectivity index (χ3n) is 16.2. The molecule has 0 heterocycles. The van der Waals surface area contributed by atoms with Crippen LogP contribution in [0.1, 0.15) is 386 Å². The van der Waals surface area contributed by atoms with E-state index in [0.717, 1.165) is 44.9 Å². The zero-order chi connectivity index (χ0) is 55.0. The van der Waals surface area contributed by atoms with E-state index < -0.39 is 12.1 Å². The van der Waals surface area contributed by atoms with Gasteiger partial charge in [0.05, 0.1) is 25.4 Å². The van der Waals surface area contributed by atoms with Crippen molar-refractivity contribution < 1.29 is 24.5 Å². The summed E-state index contributed by atoms with van der Waals surface area (Å²) in [6, 6.07) is -0.536. The maximum atomic E-state index is 12.5. The van der Waals surface area contributed by atoms with E-state index in [1.165, 1.54) is 308 Å². The van der Waals surface area contributed by atoms with Crippen LogP contribution in [0.25, 0.3) is 0 Å². The molecule has 1 amide bonds. The van der Waals surface area contributed by atoms with Crippen molar-refractivity contribution in [2.24, 2.45) is 0 Å². The second kappa shape index (κ2) is 65.9. The van der Waals surface area contributed by atoms with E-state index >= 15 is 0 Å². The number of aliphatic hydroxyl groups excluding tert-OH is 2. The van der Waals surface area contributed by atoms with E-state index in [-0.39, 0.29) is 18.5 Å². The van der Waals surface area contributed by atoms with Gasteiger partial charge in [0.1, 0.15) is 0 Å². The second-order valence-electron chi connectivity index (χ2n) is 23.9. The van der Waals surface area contributed by atoms with E-state index in [9.17, 15) is 19.8 Å². The number of hydrogen-bond acceptors (Lipinski definition) is 5. The highest BCUT2D eigenvalue weighted by molar-refractivity contribution is 5.76. The van der Waals surface area contributed by atoms with Crippen LogP contribution < -0.4 is 5.32 Å². The molecule has 0 radical (unpaired) electrons. The van der Waals surface area contributed by atoms with E-state index in [2.05, 4.69) is 43.5 Å². The van der Waals surface area contributed by atoms with Gasteiger partial charge in [0, 0.05) is 12.8 Å². The van der Waals surface area contributed by atoms with Gasteiger partial charge in [0.2, 0.25) is 5.91 Å². The van der Waals surface area contributed by atoms with Crippen molar-refractivity contribution >= 4 is 11.9 Å². The SMILES string of the molecule is CCCC/C=C\CCCCCCCC(=O)OCCCCCCCCCCCCCCCCCC/C=C\CCCCCCCCCCCCCCCCCCCC(=O)NC(CO)C(O)CCCCCCCCCCCCC. The summed E-state index contributed by atoms with van der Waals surface area (Å²) in [5, 5.41) is 23.2. The summed E-state index contributed by atoms with van der Waals surface area (Å²) < 4.78 is 5.47. The highest BCUT2D eigenvalue weighted by Crippen LogP contribution is 2.19. The molecular formula is C70H135NO5. The Labute approximate surface area is 475 Å². The molecule has 0 spiro atoms. The van der Waals surface area contributed by atoms with Crippen molar-refractivity contribution in [3.63, 3.8) is 0 Å². The standard InChI is InChI=1S/C70H135NO5/c1-3-5-7-9-11-13-42-46-50-54-58-62-68(73)67(66-72)71-69(74)63-59-55-51-47-44-40-38-36-34-32-30-28-26-24-22-20-18-16-15-17-19-21-23-25-27-29-31-33-35-37-39-41-45-49-53-57-61-65-76-70(75)64-60-56-52-48-43-14-12-10-8-6-4-2/h10,12,15,17,67-68,72-73H,3-9,11,13-14,16,18-66H2,1-2H3,(H,71,74)/b12-10-,17-15-. The number of ether oxygens (including phenoxy) is 1. The molecule has 3 N–H and O–H groups in total. The number of hydrogen-bond donors (Lipinski definition) is 3. The quantitative estimate of drug-likeness (QED) is 0.0320. The Morgan fingerprint density at radius 1 is 0.355 bits per heavy atom. The lowest BCUT2D eigenvalue weighted by molar-refractivity contribution is -0.143. The molecule has 0 aromatic heterocycles. The summed E-state index contributed by atoms with van der Waals surface area (Å²) in [5.41, 5.74) is 0. The van der Waals surface area contributed by atoms with Crippen LogP contribution in [-0.2, 0) is 14.3 Å². The highest BCUT2D eigenvalue weighted by Gasteiger charge is 2.20. The zero-order valence-corrected chi connectivity index (χ0v) is 51.5. The Morgan fingerprint density at radius 2 is 0.632 bits per heavy atom. The molecule has 2 unspecified atom stereocenters. The third-order valence-corrected chi connectivity index (χ3v) is 16.2. The number of allylic oxidation sites excluding steroid dienone is 4. The summed E-state index contributed by atoms with van der Waals surface area (Å²) in [4.78, 5) is 24.5. The van der Waals surface area contributed by atoms with Crippen LogP contribution >= 0.6 is 0 Å². The van der Waals surface area contributed by atoms with Crippen LogP contribution in [0.4, 0.5) is 0 Å². The Kier molecular flexibility index (Phi) is 64.4. The van der Waals surface area contributed by atoms with Gasteiger partial charge in [-0.3, -0.25) is 9.59 Å². The van der Waals surface area contributed by atoms with Crippen LogP contribution in [0.2, 0.25) is 0 Å². The van der Waals surface area contributed by atoms with Gasteiger partial charge in [0.25, 0.3) is 0 Å². The first-order valence-electron chi connectivity index (χ1n) is 34.6. The van der Waals surface area contributed by atoms with Crippen LogP contribution in [0.15, 0.2) is 24.3 Å². The van der Waals surface area contributed by atoms with Gasteiger partial charge in [0.15, 0.2) is 0 Å². The van der Waals surface area contributed by atoms with Gasteiger partial charge in [-0.25, -0.2) is 0 Å². The molecule has 0 aliphatic carbocycles. The van der Waals surface area contributed by atoms with Gasteiger partial charge in [-0.2, -0.15) is 0 Å². The minimum absolute atomic E-state index is 0.0106. The fourth-order valence-corrected chi connectivity index (χ4v) is 10.9. The lowest BCUT2D eigenvalue weighted by atomic mass is 10.0. The summed E-state index contributed by atoms with van der Waals surface area (Å²) in [7, 11) is 0. The van der Waals surface area contributed by atoms with E-state index in [4.69, 9.17) is 4.74 Å². The fourth-order valence-electron chi connectivity index (χ4n) is 10.9. The predicted molar refractivity (Wildman–Crippen MR) is 333 cm³/mol. The van der Waals surface area contributed by atoms with Crippen LogP contribution in [0.5, 0.6) is 0 Å². The molecule has 0 fully saturated rings. The topological polar surface area (TPSA) is 95.9 Å². The number of unbranched alkanes of at least 4 members (excludes halogenated alkanes) is 50. The van der Waals surface area contributed by atoms with Crippen LogP contribution in [-0.4, -0.2) is 47.4 Å². The molecular weight excluding hydrogens is 935 g/mol. The lowest BCUT2D eigenvalue weighted by Crippen LogP contribution is -2.45. The summed E-state index contributed by atoms with van der Waals surface area (Å²) in [6.07, 6.45) is 82.5.